The number of nitrogens with one attached hydrogen (secondary N) is 1. The molecule has 0 spiro atoms. The highest BCUT2D eigenvalue weighted by atomic mass is 19.1. The van der Waals surface area contributed by atoms with Crippen LogP contribution in [-0.2, 0) is 17.6 Å². The Morgan fingerprint density at radius 2 is 1.93 bits per heavy atom. The Hall–Kier alpha value is -3.02. The Bertz CT molecular complexity index is 995. The van der Waals surface area contributed by atoms with Gasteiger partial charge in [0.05, 0.1) is 23.6 Å². The smallest absolute Gasteiger partial charge is 0.220 e. The molecule has 1 aliphatic carbocycles. The van der Waals surface area contributed by atoms with Crippen LogP contribution in [0.15, 0.2) is 55.0 Å². The maximum absolute atomic E-state index is 13.3. The van der Waals surface area contributed by atoms with Crippen LogP contribution < -0.4 is 5.32 Å². The van der Waals surface area contributed by atoms with E-state index in [4.69, 9.17) is 0 Å². The number of fused-ring (bicyclic) bond motifs is 1. The monoisotopic (exact) mass is 392 g/mol. The minimum absolute atomic E-state index is 0.0217. The zero-order valence-corrected chi connectivity index (χ0v) is 16.7. The first kappa shape index (κ1) is 19.3. The Morgan fingerprint density at radius 1 is 1.21 bits per heavy atom. The summed E-state index contributed by atoms with van der Waals surface area (Å²) in [5.74, 6) is -0.237. The van der Waals surface area contributed by atoms with Gasteiger partial charge in [-0.05, 0) is 66.6 Å². The minimum Gasteiger partial charge on any atom is -0.349 e. The molecule has 1 aromatic carbocycles. The molecule has 4 rings (SSSR count). The summed E-state index contributed by atoms with van der Waals surface area (Å²) in [6, 6.07) is 10.1. The van der Waals surface area contributed by atoms with Crippen molar-refractivity contribution in [2.75, 3.05) is 0 Å². The number of aryl methyl sites for hydroxylation is 1. The molecule has 0 saturated heterocycles. The van der Waals surface area contributed by atoms with Crippen LogP contribution in [0.1, 0.15) is 49.6 Å². The third-order valence-corrected chi connectivity index (χ3v) is 5.48. The van der Waals surface area contributed by atoms with Crippen molar-refractivity contribution in [1.29, 1.82) is 0 Å². The van der Waals surface area contributed by atoms with Crippen molar-refractivity contribution in [3.05, 3.63) is 77.6 Å². The van der Waals surface area contributed by atoms with Gasteiger partial charge in [0.1, 0.15) is 5.82 Å². The van der Waals surface area contributed by atoms with Crippen molar-refractivity contribution in [1.82, 2.24) is 20.1 Å². The molecule has 0 saturated carbocycles. The molecular weight excluding hydrogens is 367 g/mol. The highest BCUT2D eigenvalue weighted by Crippen LogP contribution is 2.41. The molecule has 2 aromatic heterocycles. The van der Waals surface area contributed by atoms with E-state index in [1.165, 1.54) is 12.1 Å². The third-order valence-electron chi connectivity index (χ3n) is 5.48. The lowest BCUT2D eigenvalue weighted by molar-refractivity contribution is -0.122. The number of carbonyl (C=O) groups is 1. The predicted octanol–water partition coefficient (Wildman–Crippen LogP) is 4.17. The Balaban J connectivity index is 1.53. The number of benzene rings is 1. The minimum atomic E-state index is -0.269. The lowest BCUT2D eigenvalue weighted by Crippen LogP contribution is -2.36. The Morgan fingerprint density at radius 3 is 2.66 bits per heavy atom. The standard InChI is InChI=1S/C23H25FN4O/c1-23(2)13-20(27-22(29)8-3-16-9-11-25-12-10-16)19-15-26-28(21(19)14-23)18-6-4-17(24)5-7-18/h4-7,9-12,15,20H,3,8,13-14H2,1-2H3,(H,27,29)/t20-/m1/s1. The summed E-state index contributed by atoms with van der Waals surface area (Å²) in [4.78, 5) is 16.6. The zero-order chi connectivity index (χ0) is 20.4. The van der Waals surface area contributed by atoms with E-state index in [0.717, 1.165) is 35.3 Å². The van der Waals surface area contributed by atoms with Crippen molar-refractivity contribution in [2.45, 2.75) is 45.6 Å². The highest BCUT2D eigenvalue weighted by molar-refractivity contribution is 5.76. The van der Waals surface area contributed by atoms with Gasteiger partial charge in [0.25, 0.3) is 0 Å². The number of carbonyl (C=O) groups excluding carboxylic acids is 1. The van der Waals surface area contributed by atoms with Crippen LogP contribution in [-0.4, -0.2) is 20.7 Å². The maximum atomic E-state index is 13.3. The van der Waals surface area contributed by atoms with E-state index in [-0.39, 0.29) is 23.2 Å². The first-order valence-electron chi connectivity index (χ1n) is 9.92. The van der Waals surface area contributed by atoms with Gasteiger partial charge in [0.15, 0.2) is 0 Å². The number of hydrogen-bond donors (Lipinski definition) is 1. The SMILES string of the molecule is CC1(C)Cc2c(cnn2-c2ccc(F)cc2)[C@H](NC(=O)CCc2ccncc2)C1. The van der Waals surface area contributed by atoms with Gasteiger partial charge in [-0.15, -0.1) is 0 Å². The number of aromatic nitrogens is 3. The molecule has 0 bridgehead atoms. The fourth-order valence-corrected chi connectivity index (χ4v) is 4.05. The number of amides is 1. The lowest BCUT2D eigenvalue weighted by Gasteiger charge is -2.36. The molecule has 0 unspecified atom stereocenters. The van der Waals surface area contributed by atoms with Gasteiger partial charge in [-0.3, -0.25) is 9.78 Å². The summed E-state index contributed by atoms with van der Waals surface area (Å²) in [6.45, 7) is 4.40. The molecule has 1 aliphatic rings. The van der Waals surface area contributed by atoms with E-state index in [2.05, 4.69) is 29.2 Å². The van der Waals surface area contributed by atoms with Crippen LogP contribution in [0.25, 0.3) is 5.69 Å². The lowest BCUT2D eigenvalue weighted by atomic mass is 9.74. The molecule has 1 N–H and O–H groups in total. The number of hydrogen-bond acceptors (Lipinski definition) is 3. The molecule has 5 nitrogen and oxygen atoms in total. The molecule has 0 radical (unpaired) electrons. The molecule has 1 atom stereocenters. The van der Waals surface area contributed by atoms with Gasteiger partial charge in [-0.2, -0.15) is 5.10 Å². The van der Waals surface area contributed by atoms with E-state index in [9.17, 15) is 9.18 Å². The van der Waals surface area contributed by atoms with E-state index in [1.54, 1.807) is 24.5 Å². The fourth-order valence-electron chi connectivity index (χ4n) is 4.05. The van der Waals surface area contributed by atoms with Crippen molar-refractivity contribution in [2.24, 2.45) is 5.41 Å². The molecule has 29 heavy (non-hydrogen) atoms. The number of nitrogens with zero attached hydrogens (tertiary/aromatic N) is 3. The summed E-state index contributed by atoms with van der Waals surface area (Å²) in [7, 11) is 0. The topological polar surface area (TPSA) is 59.8 Å². The molecule has 1 amide bonds. The zero-order valence-electron chi connectivity index (χ0n) is 16.7. The van der Waals surface area contributed by atoms with Crippen LogP contribution in [0, 0.1) is 11.2 Å². The van der Waals surface area contributed by atoms with Crippen LogP contribution in [0.3, 0.4) is 0 Å². The van der Waals surface area contributed by atoms with Crippen LogP contribution in [0.2, 0.25) is 0 Å². The second-order valence-electron chi connectivity index (χ2n) is 8.46. The summed E-state index contributed by atoms with van der Waals surface area (Å²) >= 11 is 0. The first-order chi connectivity index (χ1) is 13.9. The summed E-state index contributed by atoms with van der Waals surface area (Å²) < 4.78 is 15.2. The van der Waals surface area contributed by atoms with Crippen LogP contribution >= 0.6 is 0 Å². The molecule has 0 aliphatic heterocycles. The van der Waals surface area contributed by atoms with E-state index in [1.807, 2.05) is 23.0 Å². The maximum Gasteiger partial charge on any atom is 0.220 e. The number of rotatable bonds is 5. The molecule has 2 heterocycles. The van der Waals surface area contributed by atoms with Crippen molar-refractivity contribution >= 4 is 5.91 Å². The summed E-state index contributed by atoms with van der Waals surface area (Å²) in [5, 5.41) is 7.76. The second-order valence-corrected chi connectivity index (χ2v) is 8.46. The normalized spacial score (nSPS) is 17.6. The molecule has 150 valence electrons. The van der Waals surface area contributed by atoms with E-state index in [0.29, 0.717) is 12.8 Å². The Labute approximate surface area is 170 Å². The predicted molar refractivity (Wildman–Crippen MR) is 109 cm³/mol. The highest BCUT2D eigenvalue weighted by Gasteiger charge is 2.35. The van der Waals surface area contributed by atoms with Crippen molar-refractivity contribution < 1.29 is 9.18 Å². The second kappa shape index (κ2) is 7.78. The average Bonchev–Trinajstić information content (AvgIpc) is 3.10. The van der Waals surface area contributed by atoms with Gasteiger partial charge >= 0.3 is 0 Å². The van der Waals surface area contributed by atoms with Gasteiger partial charge in [0, 0.05) is 24.4 Å². The third kappa shape index (κ3) is 4.36. The van der Waals surface area contributed by atoms with Crippen molar-refractivity contribution in [3.63, 3.8) is 0 Å². The summed E-state index contributed by atoms with van der Waals surface area (Å²) in [6.07, 6.45) is 8.15. The largest absolute Gasteiger partial charge is 0.349 e. The van der Waals surface area contributed by atoms with Gasteiger partial charge in [0.2, 0.25) is 5.91 Å². The van der Waals surface area contributed by atoms with Gasteiger partial charge in [-0.25, -0.2) is 9.07 Å². The average molecular weight is 392 g/mol. The van der Waals surface area contributed by atoms with Crippen LogP contribution in [0.4, 0.5) is 4.39 Å². The molecule has 0 fully saturated rings. The van der Waals surface area contributed by atoms with E-state index >= 15 is 0 Å². The van der Waals surface area contributed by atoms with Gasteiger partial charge in [-0.1, -0.05) is 13.8 Å². The Kier molecular flexibility index (Phi) is 5.18. The number of halogens is 1. The molecular formula is C23H25FN4O. The molecule has 6 heteroatoms. The quantitative estimate of drug-likeness (QED) is 0.709. The van der Waals surface area contributed by atoms with Crippen molar-refractivity contribution in [3.8, 4) is 5.69 Å². The van der Waals surface area contributed by atoms with E-state index < -0.39 is 0 Å². The molecule has 3 aromatic rings. The van der Waals surface area contributed by atoms with Crippen LogP contribution in [0.5, 0.6) is 0 Å². The summed E-state index contributed by atoms with van der Waals surface area (Å²) in [5.41, 5.74) is 4.07. The fraction of sp³-hybridized carbons (Fsp3) is 0.348. The first-order valence-corrected chi connectivity index (χ1v) is 9.92. The number of pyridine rings is 1. The van der Waals surface area contributed by atoms with Gasteiger partial charge < -0.3 is 5.32 Å².